The minimum absolute atomic E-state index is 0.144. The Kier molecular flexibility index (Phi) is 6.18. The molecule has 2 rings (SSSR count). The number of hydrogen-bond acceptors (Lipinski definition) is 6. The van der Waals surface area contributed by atoms with Crippen LogP contribution in [-0.4, -0.2) is 58.4 Å². The summed E-state index contributed by atoms with van der Waals surface area (Å²) < 4.78 is 24.9. The largest absolute Gasteiger partial charge is 0.445 e. The van der Waals surface area contributed by atoms with Crippen molar-refractivity contribution in [1.82, 2.24) is 14.9 Å². The topological polar surface area (TPSA) is 88.2 Å². The van der Waals surface area contributed by atoms with Crippen molar-refractivity contribution in [2.24, 2.45) is 0 Å². The Bertz CT molecular complexity index is 619. The van der Waals surface area contributed by atoms with E-state index >= 15 is 0 Å². The lowest BCUT2D eigenvalue weighted by atomic mass is 9.69. The molecule has 0 radical (unpaired) electrons. The number of amides is 3. The fourth-order valence-corrected chi connectivity index (χ4v) is 6.05. The molecular formula is C18H34N3O5P. The highest BCUT2D eigenvalue weighted by molar-refractivity contribution is 7.53. The molecular weight excluding hydrogens is 369 g/mol. The van der Waals surface area contributed by atoms with E-state index < -0.39 is 25.2 Å². The molecule has 156 valence electrons. The highest BCUT2D eigenvalue weighted by Gasteiger charge is 2.64. The van der Waals surface area contributed by atoms with Gasteiger partial charge in [-0.05, 0) is 60.4 Å². The van der Waals surface area contributed by atoms with Crippen LogP contribution < -0.4 is 5.32 Å². The summed E-state index contributed by atoms with van der Waals surface area (Å²) in [6, 6.07) is -0.702. The molecule has 8 nitrogen and oxygen atoms in total. The molecule has 1 spiro atoms. The Morgan fingerprint density at radius 2 is 1.44 bits per heavy atom. The summed E-state index contributed by atoms with van der Waals surface area (Å²) in [4.78, 5) is 28.4. The molecule has 2 saturated heterocycles. The summed E-state index contributed by atoms with van der Waals surface area (Å²) >= 11 is 0. The Morgan fingerprint density at radius 1 is 1.00 bits per heavy atom. The van der Waals surface area contributed by atoms with Crippen LogP contribution in [0.2, 0.25) is 0 Å². The zero-order valence-corrected chi connectivity index (χ0v) is 18.5. The number of rotatable bonds is 7. The van der Waals surface area contributed by atoms with Crippen LogP contribution in [0, 0.1) is 0 Å². The van der Waals surface area contributed by atoms with Gasteiger partial charge in [-0.2, -0.15) is 4.67 Å². The van der Waals surface area contributed by atoms with Crippen molar-refractivity contribution < 1.29 is 23.2 Å². The third-order valence-electron chi connectivity index (χ3n) is 5.59. The maximum atomic E-state index is 13.4. The number of piperidine rings is 1. The van der Waals surface area contributed by atoms with Crippen molar-refractivity contribution >= 4 is 19.7 Å². The van der Waals surface area contributed by atoms with Crippen molar-refractivity contribution in [2.45, 2.75) is 83.8 Å². The van der Waals surface area contributed by atoms with Crippen LogP contribution in [0.5, 0.6) is 0 Å². The fourth-order valence-electron chi connectivity index (χ4n) is 4.23. The first kappa shape index (κ1) is 22.3. The lowest BCUT2D eigenvalue weighted by molar-refractivity contribution is -0.137. The predicted octanol–water partition coefficient (Wildman–Crippen LogP) is 3.52. The maximum absolute atomic E-state index is 13.4. The molecule has 0 aromatic rings. The summed E-state index contributed by atoms with van der Waals surface area (Å²) in [5.41, 5.74) is -1.78. The molecule has 9 heteroatoms. The second kappa shape index (κ2) is 7.47. The zero-order valence-electron chi connectivity index (χ0n) is 17.6. The molecule has 0 aromatic heterocycles. The number of hydrogen-bond donors (Lipinski definition) is 1. The van der Waals surface area contributed by atoms with E-state index in [1.807, 2.05) is 48.6 Å². The molecule has 2 heterocycles. The third-order valence-corrected chi connectivity index (χ3v) is 7.46. The van der Waals surface area contributed by atoms with E-state index in [0.29, 0.717) is 25.7 Å². The number of likely N-dealkylation sites (tertiary alicyclic amines) is 1. The molecule has 2 fully saturated rings. The standard InChI is InChI=1S/C18H34N3O5P/c1-8-10-25-27(24,26-11-9-2)21-14(22)18(19-15(21)23)12-16(3,4)20(7)17(5,6)13-18/h8-13H2,1-7H3,(H,19,23). The van der Waals surface area contributed by atoms with Crippen molar-refractivity contribution in [1.29, 1.82) is 0 Å². The Balaban J connectivity index is 2.41. The first-order chi connectivity index (χ1) is 12.4. The van der Waals surface area contributed by atoms with Gasteiger partial charge in [-0.25, -0.2) is 9.36 Å². The summed E-state index contributed by atoms with van der Waals surface area (Å²) in [6.07, 6.45) is 2.03. The van der Waals surface area contributed by atoms with E-state index in [-0.39, 0.29) is 24.3 Å². The van der Waals surface area contributed by atoms with E-state index in [9.17, 15) is 14.2 Å². The SMILES string of the molecule is CCCOP(=O)(OCCC)N1C(=O)NC2(CC(C)(C)N(C)C(C)(C)C2)C1=O. The molecule has 0 atom stereocenters. The van der Waals surface area contributed by atoms with Gasteiger partial charge in [-0.3, -0.25) is 18.7 Å². The van der Waals surface area contributed by atoms with Gasteiger partial charge in [-0.15, -0.1) is 0 Å². The highest BCUT2D eigenvalue weighted by Crippen LogP contribution is 2.57. The van der Waals surface area contributed by atoms with Crippen LogP contribution in [-0.2, 0) is 18.4 Å². The van der Waals surface area contributed by atoms with Gasteiger partial charge in [0.25, 0.3) is 5.91 Å². The van der Waals surface area contributed by atoms with Crippen molar-refractivity contribution in [3.63, 3.8) is 0 Å². The van der Waals surface area contributed by atoms with Crippen LogP contribution in [0.3, 0.4) is 0 Å². The molecule has 2 aliphatic heterocycles. The van der Waals surface area contributed by atoms with Gasteiger partial charge in [0.1, 0.15) is 5.54 Å². The van der Waals surface area contributed by atoms with Crippen LogP contribution in [0.25, 0.3) is 0 Å². The molecule has 3 amide bonds. The number of nitrogens with one attached hydrogen (secondary N) is 1. The number of carbonyl (C=O) groups is 2. The van der Waals surface area contributed by atoms with Gasteiger partial charge >= 0.3 is 13.8 Å². The van der Waals surface area contributed by atoms with E-state index in [4.69, 9.17) is 9.05 Å². The quantitative estimate of drug-likeness (QED) is 0.517. The second-order valence-corrected chi connectivity index (χ2v) is 10.7. The normalized spacial score (nSPS) is 24.5. The number of imide groups is 1. The van der Waals surface area contributed by atoms with E-state index in [1.54, 1.807) is 0 Å². The zero-order chi connectivity index (χ0) is 20.7. The lowest BCUT2D eigenvalue weighted by Crippen LogP contribution is -2.68. The van der Waals surface area contributed by atoms with Gasteiger partial charge in [0.2, 0.25) is 0 Å². The van der Waals surface area contributed by atoms with Crippen LogP contribution >= 0.6 is 7.75 Å². The molecule has 0 unspecified atom stereocenters. The number of carbonyl (C=O) groups excluding carboxylic acids is 2. The Morgan fingerprint density at radius 3 is 1.85 bits per heavy atom. The third kappa shape index (κ3) is 3.95. The highest BCUT2D eigenvalue weighted by atomic mass is 31.2. The van der Waals surface area contributed by atoms with Gasteiger partial charge in [0.15, 0.2) is 0 Å². The molecule has 0 saturated carbocycles. The Hall–Kier alpha value is -0.950. The maximum Gasteiger partial charge on any atom is 0.445 e. The minimum atomic E-state index is -4.05. The summed E-state index contributed by atoms with van der Waals surface area (Å²) in [5.74, 6) is -0.516. The molecule has 0 bridgehead atoms. The van der Waals surface area contributed by atoms with Crippen molar-refractivity contribution in [2.75, 3.05) is 20.3 Å². The van der Waals surface area contributed by atoms with Gasteiger partial charge in [0.05, 0.1) is 13.2 Å². The Labute approximate surface area is 162 Å². The minimum Gasteiger partial charge on any atom is -0.323 e. The number of urea groups is 1. The van der Waals surface area contributed by atoms with Crippen LogP contribution in [0.4, 0.5) is 4.79 Å². The average molecular weight is 403 g/mol. The lowest BCUT2D eigenvalue weighted by Gasteiger charge is -2.56. The van der Waals surface area contributed by atoms with Gasteiger partial charge < -0.3 is 5.32 Å². The fraction of sp³-hybridized carbons (Fsp3) is 0.889. The van der Waals surface area contributed by atoms with Gasteiger partial charge in [-0.1, -0.05) is 13.8 Å². The van der Waals surface area contributed by atoms with Crippen LogP contribution in [0.15, 0.2) is 0 Å². The molecule has 27 heavy (non-hydrogen) atoms. The molecule has 0 aromatic carbocycles. The summed E-state index contributed by atoms with van der Waals surface area (Å²) in [7, 11) is -2.03. The van der Waals surface area contributed by atoms with Crippen molar-refractivity contribution in [3.05, 3.63) is 0 Å². The van der Waals surface area contributed by atoms with Crippen LogP contribution in [0.1, 0.15) is 67.2 Å². The van der Waals surface area contributed by atoms with Gasteiger partial charge in [0, 0.05) is 11.1 Å². The monoisotopic (exact) mass is 403 g/mol. The molecule has 1 N–H and O–H groups in total. The van der Waals surface area contributed by atoms with Crippen molar-refractivity contribution in [3.8, 4) is 0 Å². The van der Waals surface area contributed by atoms with E-state index in [2.05, 4.69) is 10.2 Å². The number of nitrogens with zero attached hydrogens (tertiary/aromatic N) is 2. The van der Waals surface area contributed by atoms with E-state index in [1.165, 1.54) is 0 Å². The average Bonchev–Trinajstić information content (AvgIpc) is 2.78. The molecule has 2 aliphatic rings. The first-order valence-corrected chi connectivity index (χ1v) is 11.1. The second-order valence-electron chi connectivity index (χ2n) is 8.80. The summed E-state index contributed by atoms with van der Waals surface area (Å²) in [5, 5.41) is 2.84. The summed E-state index contributed by atoms with van der Waals surface area (Å²) in [6.45, 7) is 12.2. The smallest absolute Gasteiger partial charge is 0.323 e. The first-order valence-electron chi connectivity index (χ1n) is 9.65. The predicted molar refractivity (Wildman–Crippen MR) is 103 cm³/mol. The van der Waals surface area contributed by atoms with E-state index in [0.717, 1.165) is 4.67 Å². The molecule has 0 aliphatic carbocycles.